The first-order valence-corrected chi connectivity index (χ1v) is 5.28. The van der Waals surface area contributed by atoms with Crippen molar-refractivity contribution in [2.24, 2.45) is 5.92 Å². The van der Waals surface area contributed by atoms with Gasteiger partial charge >= 0.3 is 0 Å². The van der Waals surface area contributed by atoms with Crippen LogP contribution < -0.4 is 5.32 Å². The fourth-order valence-electron chi connectivity index (χ4n) is 1.27. The SMILES string of the molecule is CC(C)CNc1cc(Cl)n2ccnc2n1. The van der Waals surface area contributed by atoms with Crippen LogP contribution in [0.5, 0.6) is 0 Å². The Morgan fingerprint density at radius 2 is 2.33 bits per heavy atom. The molecule has 4 nitrogen and oxygen atoms in total. The number of nitrogens with one attached hydrogen (secondary N) is 1. The van der Waals surface area contributed by atoms with E-state index in [0.717, 1.165) is 12.4 Å². The summed E-state index contributed by atoms with van der Waals surface area (Å²) in [5, 5.41) is 3.83. The molecule has 0 spiro atoms. The second-order valence-corrected chi connectivity index (χ2v) is 4.22. The number of hydrogen-bond donors (Lipinski definition) is 1. The molecule has 0 amide bonds. The lowest BCUT2D eigenvalue weighted by Gasteiger charge is -2.08. The Kier molecular flexibility index (Phi) is 2.77. The maximum atomic E-state index is 6.06. The Labute approximate surface area is 93.3 Å². The minimum absolute atomic E-state index is 0.571. The molecule has 0 saturated carbocycles. The van der Waals surface area contributed by atoms with Gasteiger partial charge in [-0.25, -0.2) is 4.98 Å². The van der Waals surface area contributed by atoms with Crippen molar-refractivity contribution in [3.05, 3.63) is 23.6 Å². The van der Waals surface area contributed by atoms with Crippen LogP contribution in [0.1, 0.15) is 13.8 Å². The first-order valence-electron chi connectivity index (χ1n) is 4.90. The van der Waals surface area contributed by atoms with Crippen molar-refractivity contribution < 1.29 is 0 Å². The average Bonchev–Trinajstić information content (AvgIpc) is 2.63. The Morgan fingerprint density at radius 1 is 1.53 bits per heavy atom. The minimum atomic E-state index is 0.571. The summed E-state index contributed by atoms with van der Waals surface area (Å²) < 4.78 is 1.74. The van der Waals surface area contributed by atoms with Gasteiger partial charge in [-0.3, -0.25) is 4.40 Å². The zero-order valence-corrected chi connectivity index (χ0v) is 9.49. The van der Waals surface area contributed by atoms with E-state index in [1.54, 1.807) is 22.9 Å². The zero-order valence-electron chi connectivity index (χ0n) is 8.74. The van der Waals surface area contributed by atoms with Gasteiger partial charge in [0.05, 0.1) is 0 Å². The van der Waals surface area contributed by atoms with Crippen LogP contribution in [0.4, 0.5) is 5.82 Å². The maximum absolute atomic E-state index is 6.06. The third-order valence-corrected chi connectivity index (χ3v) is 2.31. The van der Waals surface area contributed by atoms with Crippen molar-refractivity contribution >= 4 is 23.2 Å². The Morgan fingerprint density at radius 3 is 3.07 bits per heavy atom. The van der Waals surface area contributed by atoms with Crippen LogP contribution in [-0.4, -0.2) is 20.9 Å². The van der Waals surface area contributed by atoms with Crippen LogP contribution in [0.25, 0.3) is 5.78 Å². The fraction of sp³-hybridized carbons (Fsp3) is 0.400. The van der Waals surface area contributed by atoms with Gasteiger partial charge in [0.2, 0.25) is 5.78 Å². The van der Waals surface area contributed by atoms with Crippen molar-refractivity contribution in [3.63, 3.8) is 0 Å². The fourth-order valence-corrected chi connectivity index (χ4v) is 1.50. The summed E-state index contributed by atoms with van der Waals surface area (Å²) in [7, 11) is 0. The van der Waals surface area contributed by atoms with E-state index in [4.69, 9.17) is 11.6 Å². The second-order valence-electron chi connectivity index (χ2n) is 3.84. The van der Waals surface area contributed by atoms with Crippen molar-refractivity contribution in [2.75, 3.05) is 11.9 Å². The molecule has 0 unspecified atom stereocenters. The lowest BCUT2D eigenvalue weighted by Crippen LogP contribution is -2.09. The second kappa shape index (κ2) is 4.06. The van der Waals surface area contributed by atoms with E-state index in [1.165, 1.54) is 0 Å². The molecule has 15 heavy (non-hydrogen) atoms. The maximum Gasteiger partial charge on any atom is 0.236 e. The first kappa shape index (κ1) is 10.2. The molecule has 0 bridgehead atoms. The molecule has 0 saturated heterocycles. The first-order chi connectivity index (χ1) is 7.16. The lowest BCUT2D eigenvalue weighted by atomic mass is 10.2. The van der Waals surface area contributed by atoms with Gasteiger partial charge in [0.25, 0.3) is 0 Å². The zero-order chi connectivity index (χ0) is 10.8. The Hall–Kier alpha value is -1.29. The molecule has 0 fully saturated rings. The Bertz CT molecular complexity index is 463. The number of anilines is 1. The van der Waals surface area contributed by atoms with Crippen molar-refractivity contribution in [2.45, 2.75) is 13.8 Å². The molecule has 0 aromatic carbocycles. The normalized spacial score (nSPS) is 11.2. The molecule has 80 valence electrons. The quantitative estimate of drug-likeness (QED) is 0.815. The molecule has 2 heterocycles. The van der Waals surface area contributed by atoms with Gasteiger partial charge in [0.1, 0.15) is 11.0 Å². The van der Waals surface area contributed by atoms with E-state index in [1.807, 2.05) is 0 Å². The van der Waals surface area contributed by atoms with Gasteiger partial charge in [-0.1, -0.05) is 25.4 Å². The summed E-state index contributed by atoms with van der Waals surface area (Å²) in [4.78, 5) is 8.42. The van der Waals surface area contributed by atoms with E-state index in [0.29, 0.717) is 16.8 Å². The smallest absolute Gasteiger partial charge is 0.236 e. The van der Waals surface area contributed by atoms with Crippen molar-refractivity contribution in [3.8, 4) is 0 Å². The van der Waals surface area contributed by atoms with Crippen LogP contribution in [0.2, 0.25) is 5.15 Å². The van der Waals surface area contributed by atoms with E-state index in [2.05, 4.69) is 29.1 Å². The summed E-state index contributed by atoms with van der Waals surface area (Å²) in [6.07, 6.45) is 3.47. The number of rotatable bonds is 3. The summed E-state index contributed by atoms with van der Waals surface area (Å²) in [5.41, 5.74) is 0. The third kappa shape index (κ3) is 2.21. The largest absolute Gasteiger partial charge is 0.370 e. The van der Waals surface area contributed by atoms with Crippen LogP contribution in [0.15, 0.2) is 18.5 Å². The average molecular weight is 225 g/mol. The molecule has 5 heteroatoms. The number of aromatic nitrogens is 3. The van der Waals surface area contributed by atoms with E-state index >= 15 is 0 Å². The van der Waals surface area contributed by atoms with Gasteiger partial charge < -0.3 is 5.32 Å². The predicted octanol–water partition coefficient (Wildman–Crippen LogP) is 2.45. The number of hydrogen-bond acceptors (Lipinski definition) is 3. The Balaban J connectivity index is 2.28. The highest BCUT2D eigenvalue weighted by atomic mass is 35.5. The summed E-state index contributed by atoms with van der Waals surface area (Å²) >= 11 is 6.06. The lowest BCUT2D eigenvalue weighted by molar-refractivity contribution is 0.687. The molecule has 0 aliphatic rings. The van der Waals surface area contributed by atoms with Gasteiger partial charge in [0, 0.05) is 25.0 Å². The summed E-state index contributed by atoms with van der Waals surface area (Å²) in [6, 6.07) is 1.80. The van der Waals surface area contributed by atoms with Crippen LogP contribution in [0.3, 0.4) is 0 Å². The number of nitrogens with zero attached hydrogens (tertiary/aromatic N) is 3. The molecular formula is C10H13ClN4. The predicted molar refractivity (Wildman–Crippen MR) is 61.3 cm³/mol. The van der Waals surface area contributed by atoms with Gasteiger partial charge in [-0.2, -0.15) is 4.98 Å². The highest BCUT2D eigenvalue weighted by Crippen LogP contribution is 2.15. The molecule has 0 atom stereocenters. The van der Waals surface area contributed by atoms with Crippen LogP contribution in [0, 0.1) is 5.92 Å². The van der Waals surface area contributed by atoms with Gasteiger partial charge in [0.15, 0.2) is 0 Å². The topological polar surface area (TPSA) is 42.2 Å². The molecule has 0 aliphatic carbocycles. The van der Waals surface area contributed by atoms with Crippen molar-refractivity contribution in [1.29, 1.82) is 0 Å². The van der Waals surface area contributed by atoms with E-state index < -0.39 is 0 Å². The number of imidazole rings is 1. The number of fused-ring (bicyclic) bond motifs is 1. The molecule has 2 rings (SSSR count). The minimum Gasteiger partial charge on any atom is -0.370 e. The van der Waals surface area contributed by atoms with Crippen molar-refractivity contribution in [1.82, 2.24) is 14.4 Å². The monoisotopic (exact) mass is 224 g/mol. The standard InChI is InChI=1S/C10H13ClN4/c1-7(2)6-13-9-5-8(11)15-4-3-12-10(15)14-9/h3-5,7H,6H2,1-2H3,(H,12,13,14). The molecular weight excluding hydrogens is 212 g/mol. The third-order valence-electron chi connectivity index (χ3n) is 2.02. The molecule has 0 aliphatic heterocycles. The van der Waals surface area contributed by atoms with Crippen LogP contribution in [-0.2, 0) is 0 Å². The molecule has 2 aromatic heterocycles. The molecule has 0 radical (unpaired) electrons. The number of halogens is 1. The molecule has 1 N–H and O–H groups in total. The molecule has 2 aromatic rings. The summed E-state index contributed by atoms with van der Waals surface area (Å²) in [5.74, 6) is 1.96. The van der Waals surface area contributed by atoms with Gasteiger partial charge in [-0.05, 0) is 5.92 Å². The summed E-state index contributed by atoms with van der Waals surface area (Å²) in [6.45, 7) is 5.16. The van der Waals surface area contributed by atoms with E-state index in [-0.39, 0.29) is 0 Å². The van der Waals surface area contributed by atoms with E-state index in [9.17, 15) is 0 Å². The van der Waals surface area contributed by atoms with Crippen LogP contribution >= 0.6 is 11.6 Å². The van der Waals surface area contributed by atoms with Gasteiger partial charge in [-0.15, -0.1) is 0 Å². The highest BCUT2D eigenvalue weighted by molar-refractivity contribution is 6.30. The highest BCUT2D eigenvalue weighted by Gasteiger charge is 2.04.